The summed E-state index contributed by atoms with van der Waals surface area (Å²) in [6, 6.07) is 14.8. The summed E-state index contributed by atoms with van der Waals surface area (Å²) in [5, 5.41) is 2.97. The number of halogens is 1. The summed E-state index contributed by atoms with van der Waals surface area (Å²) in [6.07, 6.45) is 6.72. The largest absolute Gasteiger partial charge is 0.465 e. The zero-order chi connectivity index (χ0) is 26.0. The van der Waals surface area contributed by atoms with Crippen LogP contribution in [-0.4, -0.2) is 57.0 Å². The summed E-state index contributed by atoms with van der Waals surface area (Å²) < 4.78 is 12.8. The van der Waals surface area contributed by atoms with Gasteiger partial charge in [-0.3, -0.25) is 4.79 Å². The highest BCUT2D eigenvalue weighted by atomic mass is 79.9. The maximum Gasteiger partial charge on any atom is 0.244 e. The van der Waals surface area contributed by atoms with Crippen LogP contribution in [0.5, 0.6) is 5.75 Å². The number of hydrogen-bond acceptors (Lipinski definition) is 6. The van der Waals surface area contributed by atoms with Crippen LogP contribution in [0.25, 0.3) is 0 Å². The van der Waals surface area contributed by atoms with Crippen molar-refractivity contribution in [1.29, 1.82) is 0 Å². The van der Waals surface area contributed by atoms with Gasteiger partial charge in [-0.2, -0.15) is 0 Å². The summed E-state index contributed by atoms with van der Waals surface area (Å²) in [5.74, 6) is 1.83. The first-order valence-corrected chi connectivity index (χ1v) is 18.1. The third-order valence-corrected chi connectivity index (χ3v) is 9.73. The highest BCUT2D eigenvalue weighted by Crippen LogP contribution is 2.43. The number of fused-ring (bicyclic) bond motifs is 1. The van der Waals surface area contributed by atoms with Gasteiger partial charge in [0.15, 0.2) is 12.6 Å². The van der Waals surface area contributed by atoms with Crippen LogP contribution in [0.15, 0.2) is 41.0 Å². The molecule has 2 heterocycles. The van der Waals surface area contributed by atoms with E-state index in [-0.39, 0.29) is 5.91 Å². The minimum absolute atomic E-state index is 0.0384. The number of benzene rings is 1. The molecular formula is C28H39BrN4O3Si. The van der Waals surface area contributed by atoms with Crippen LogP contribution >= 0.6 is 15.9 Å². The molecule has 3 aliphatic rings. The first-order valence-electron chi connectivity index (χ1n) is 13.6. The van der Waals surface area contributed by atoms with Crippen LogP contribution in [0.2, 0.25) is 25.7 Å². The van der Waals surface area contributed by atoms with E-state index in [9.17, 15) is 4.79 Å². The number of aromatic nitrogens is 1. The normalized spacial score (nSPS) is 21.8. The second-order valence-corrected chi connectivity index (χ2v) is 18.2. The Labute approximate surface area is 230 Å². The van der Waals surface area contributed by atoms with Gasteiger partial charge in [-0.05, 0) is 84.8 Å². The van der Waals surface area contributed by atoms with Gasteiger partial charge in [-0.1, -0.05) is 31.8 Å². The van der Waals surface area contributed by atoms with Crippen molar-refractivity contribution >= 4 is 47.1 Å². The molecule has 0 radical (unpaired) electrons. The molecule has 2 saturated carbocycles. The van der Waals surface area contributed by atoms with Gasteiger partial charge < -0.3 is 24.6 Å². The molecule has 0 atom stereocenters. The third-order valence-electron chi connectivity index (χ3n) is 7.58. The molecule has 1 aromatic heterocycles. The predicted octanol–water partition coefficient (Wildman–Crippen LogP) is 6.27. The molecule has 0 unspecified atom stereocenters. The second-order valence-electron chi connectivity index (χ2n) is 11.7. The van der Waals surface area contributed by atoms with Gasteiger partial charge in [-0.15, -0.1) is 0 Å². The van der Waals surface area contributed by atoms with Crippen LogP contribution < -0.4 is 19.9 Å². The van der Waals surface area contributed by atoms with Gasteiger partial charge in [0.05, 0.1) is 17.9 Å². The van der Waals surface area contributed by atoms with E-state index in [2.05, 4.69) is 68.9 Å². The number of rotatable bonds is 10. The van der Waals surface area contributed by atoms with Crippen molar-refractivity contribution in [3.63, 3.8) is 0 Å². The monoisotopic (exact) mass is 586 g/mol. The molecule has 5 rings (SSSR count). The fourth-order valence-corrected chi connectivity index (χ4v) is 6.55. The molecule has 1 aliphatic heterocycles. The fraction of sp³-hybridized carbons (Fsp3) is 0.571. The Morgan fingerprint density at radius 3 is 2.46 bits per heavy atom. The number of hydrogen-bond donors (Lipinski definition) is 1. The smallest absolute Gasteiger partial charge is 0.244 e. The van der Waals surface area contributed by atoms with E-state index in [0.29, 0.717) is 31.5 Å². The van der Waals surface area contributed by atoms with Gasteiger partial charge in [0.1, 0.15) is 10.4 Å². The maximum absolute atomic E-state index is 12.4. The molecule has 2 fully saturated rings. The average molecular weight is 588 g/mol. The molecule has 2 aromatic rings. The van der Waals surface area contributed by atoms with Gasteiger partial charge in [0.25, 0.3) is 0 Å². The zero-order valence-corrected chi connectivity index (χ0v) is 24.8. The molecule has 1 aromatic carbocycles. The first kappa shape index (κ1) is 26.5. The standard InChI is InChI=1S/C28H39BrN4O3Si/c1-37(2,3)17-16-35-19-36-25-7-5-4-6-24(25)33(22-12-13-22)21-10-8-20(9-11-21)32-18-27(34)30-23-14-15-26(29)31-28(23)32/h4-7,14-15,20-22H,8-13,16-19H2,1-3H3,(H,30,34). The number of ether oxygens (including phenoxy) is 2. The van der Waals surface area contributed by atoms with E-state index < -0.39 is 8.07 Å². The van der Waals surface area contributed by atoms with Crippen LogP contribution in [-0.2, 0) is 9.53 Å². The van der Waals surface area contributed by atoms with E-state index in [4.69, 9.17) is 14.5 Å². The van der Waals surface area contributed by atoms with E-state index in [0.717, 1.165) is 60.2 Å². The molecule has 0 bridgehead atoms. The van der Waals surface area contributed by atoms with Gasteiger partial charge in [-0.25, -0.2) is 4.98 Å². The lowest BCUT2D eigenvalue weighted by atomic mass is 9.88. The molecule has 7 nitrogen and oxygen atoms in total. The van der Waals surface area contributed by atoms with Gasteiger partial charge in [0, 0.05) is 32.8 Å². The minimum atomic E-state index is -1.11. The predicted molar refractivity (Wildman–Crippen MR) is 155 cm³/mol. The fourth-order valence-electron chi connectivity index (χ4n) is 5.49. The summed E-state index contributed by atoms with van der Waals surface area (Å²) in [6.45, 7) is 8.52. The third kappa shape index (κ3) is 6.67. The molecule has 37 heavy (non-hydrogen) atoms. The quantitative estimate of drug-likeness (QED) is 0.153. The van der Waals surface area contributed by atoms with E-state index in [1.165, 1.54) is 18.5 Å². The lowest BCUT2D eigenvalue weighted by molar-refractivity contribution is -0.115. The number of pyridine rings is 1. The average Bonchev–Trinajstić information content (AvgIpc) is 3.70. The Bertz CT molecular complexity index is 1100. The zero-order valence-electron chi connectivity index (χ0n) is 22.2. The van der Waals surface area contributed by atoms with Gasteiger partial charge >= 0.3 is 0 Å². The van der Waals surface area contributed by atoms with Crippen LogP contribution in [0.1, 0.15) is 38.5 Å². The summed E-state index contributed by atoms with van der Waals surface area (Å²) in [4.78, 5) is 22.0. The number of carbonyl (C=O) groups excluding carboxylic acids is 1. The molecule has 2 aliphatic carbocycles. The molecule has 0 spiro atoms. The number of para-hydroxylation sites is 2. The van der Waals surface area contributed by atoms with E-state index in [1.807, 2.05) is 18.2 Å². The number of nitrogens with one attached hydrogen (secondary N) is 1. The molecule has 1 amide bonds. The van der Waals surface area contributed by atoms with E-state index in [1.54, 1.807) is 0 Å². The highest BCUT2D eigenvalue weighted by Gasteiger charge is 2.39. The van der Waals surface area contributed by atoms with Gasteiger partial charge in [0.2, 0.25) is 5.91 Å². The number of amides is 1. The van der Waals surface area contributed by atoms with Crippen LogP contribution in [0.3, 0.4) is 0 Å². The Hall–Kier alpha value is -2.10. The Kier molecular flexibility index (Phi) is 8.12. The van der Waals surface area contributed by atoms with E-state index >= 15 is 0 Å². The highest BCUT2D eigenvalue weighted by molar-refractivity contribution is 9.10. The topological polar surface area (TPSA) is 66.9 Å². The Morgan fingerprint density at radius 1 is 1.05 bits per heavy atom. The first-order chi connectivity index (χ1) is 17.8. The molecule has 0 saturated heterocycles. The lowest BCUT2D eigenvalue weighted by Gasteiger charge is -2.43. The number of nitrogens with zero attached hydrogens (tertiary/aromatic N) is 3. The van der Waals surface area contributed by atoms with Crippen molar-refractivity contribution in [2.24, 2.45) is 0 Å². The molecule has 1 N–H and O–H groups in total. The molecular weight excluding hydrogens is 548 g/mol. The Balaban J connectivity index is 1.24. The Morgan fingerprint density at radius 2 is 1.76 bits per heavy atom. The van der Waals surface area contributed by atoms with Crippen LogP contribution in [0.4, 0.5) is 17.2 Å². The van der Waals surface area contributed by atoms with Crippen molar-refractivity contribution in [2.75, 3.05) is 35.1 Å². The summed E-state index contributed by atoms with van der Waals surface area (Å²) >= 11 is 3.50. The van der Waals surface area contributed by atoms with Crippen molar-refractivity contribution in [3.05, 3.63) is 41.0 Å². The SMILES string of the molecule is C[Si](C)(C)CCOCOc1ccccc1N(C1CCC(N2CC(=O)Nc3ccc(Br)nc32)CC1)C1CC1. The van der Waals surface area contributed by atoms with Crippen molar-refractivity contribution in [3.8, 4) is 5.75 Å². The summed E-state index contributed by atoms with van der Waals surface area (Å²) in [7, 11) is -1.11. The van der Waals surface area contributed by atoms with Crippen molar-refractivity contribution in [1.82, 2.24) is 4.98 Å². The van der Waals surface area contributed by atoms with Crippen molar-refractivity contribution in [2.45, 2.75) is 82.3 Å². The van der Waals surface area contributed by atoms with Crippen LogP contribution in [0, 0.1) is 0 Å². The molecule has 9 heteroatoms. The minimum Gasteiger partial charge on any atom is -0.465 e. The second kappa shape index (κ2) is 11.3. The number of carbonyl (C=O) groups is 1. The van der Waals surface area contributed by atoms with Crippen molar-refractivity contribution < 1.29 is 14.3 Å². The number of anilines is 3. The molecule has 200 valence electrons. The maximum atomic E-state index is 12.4. The summed E-state index contributed by atoms with van der Waals surface area (Å²) in [5.41, 5.74) is 2.00. The lowest BCUT2D eigenvalue weighted by Crippen LogP contribution is -2.49.